The van der Waals surface area contributed by atoms with Gasteiger partial charge in [0.1, 0.15) is 5.82 Å². The van der Waals surface area contributed by atoms with Crippen molar-refractivity contribution in [2.24, 2.45) is 24.8 Å². The molecule has 100 valence electrons. The fraction of sp³-hybridized carbons (Fsp3) is 0.800. The van der Waals surface area contributed by atoms with Crippen LogP contribution in [-0.2, 0) is 13.5 Å². The molecule has 2 saturated carbocycles. The SMILES string of the molecule is Cn1ccnc1CCC(O)CC1CC2CCC1C2. The van der Waals surface area contributed by atoms with E-state index in [0.717, 1.165) is 42.8 Å². The molecule has 2 fully saturated rings. The van der Waals surface area contributed by atoms with Crippen molar-refractivity contribution < 1.29 is 5.11 Å². The second-order valence-electron chi connectivity index (χ2n) is 6.32. The molecule has 4 unspecified atom stereocenters. The van der Waals surface area contributed by atoms with E-state index in [4.69, 9.17) is 0 Å². The third-order valence-electron chi connectivity index (χ3n) is 5.08. The van der Waals surface area contributed by atoms with Crippen LogP contribution < -0.4 is 0 Å². The third kappa shape index (κ3) is 2.46. The summed E-state index contributed by atoms with van der Waals surface area (Å²) < 4.78 is 2.05. The Morgan fingerprint density at radius 2 is 2.33 bits per heavy atom. The largest absolute Gasteiger partial charge is 0.393 e. The Kier molecular flexibility index (Phi) is 3.42. The van der Waals surface area contributed by atoms with Crippen molar-refractivity contribution in [3.05, 3.63) is 18.2 Å². The molecule has 3 heteroatoms. The zero-order valence-electron chi connectivity index (χ0n) is 11.3. The number of rotatable bonds is 5. The molecule has 0 spiro atoms. The fourth-order valence-electron chi connectivity index (χ4n) is 4.07. The van der Waals surface area contributed by atoms with E-state index < -0.39 is 0 Å². The summed E-state index contributed by atoms with van der Waals surface area (Å²) in [5.41, 5.74) is 0. The number of aliphatic hydroxyl groups is 1. The van der Waals surface area contributed by atoms with Crippen molar-refractivity contribution in [3.63, 3.8) is 0 Å². The van der Waals surface area contributed by atoms with E-state index in [2.05, 4.69) is 4.98 Å². The van der Waals surface area contributed by atoms with E-state index in [9.17, 15) is 5.11 Å². The summed E-state index contributed by atoms with van der Waals surface area (Å²) in [4.78, 5) is 4.31. The molecular formula is C15H24N2O. The molecule has 0 amide bonds. The molecule has 1 aromatic heterocycles. The highest BCUT2D eigenvalue weighted by atomic mass is 16.3. The minimum Gasteiger partial charge on any atom is -0.393 e. The molecule has 4 atom stereocenters. The van der Waals surface area contributed by atoms with E-state index in [0.29, 0.717) is 0 Å². The molecule has 2 aliphatic carbocycles. The predicted octanol–water partition coefficient (Wildman–Crippen LogP) is 2.54. The average Bonchev–Trinajstić information content (AvgIpc) is 3.03. The summed E-state index contributed by atoms with van der Waals surface area (Å²) in [6, 6.07) is 0. The molecule has 1 heterocycles. The quantitative estimate of drug-likeness (QED) is 0.869. The average molecular weight is 248 g/mol. The van der Waals surface area contributed by atoms with E-state index in [1.807, 2.05) is 24.0 Å². The van der Waals surface area contributed by atoms with Crippen molar-refractivity contribution in [1.82, 2.24) is 9.55 Å². The number of hydrogen-bond acceptors (Lipinski definition) is 2. The van der Waals surface area contributed by atoms with Crippen molar-refractivity contribution in [2.75, 3.05) is 0 Å². The Morgan fingerprint density at radius 3 is 2.94 bits per heavy atom. The first-order valence-electron chi connectivity index (χ1n) is 7.36. The summed E-state index contributed by atoms with van der Waals surface area (Å²) in [6.07, 6.45) is 12.1. The fourth-order valence-corrected chi connectivity index (χ4v) is 4.07. The maximum atomic E-state index is 10.2. The second-order valence-corrected chi connectivity index (χ2v) is 6.32. The van der Waals surface area contributed by atoms with Crippen molar-refractivity contribution >= 4 is 0 Å². The highest BCUT2D eigenvalue weighted by Crippen LogP contribution is 2.50. The highest BCUT2D eigenvalue weighted by molar-refractivity contribution is 4.93. The summed E-state index contributed by atoms with van der Waals surface area (Å²) in [6.45, 7) is 0. The van der Waals surface area contributed by atoms with Crippen molar-refractivity contribution in [2.45, 2.75) is 51.0 Å². The Balaban J connectivity index is 1.45. The van der Waals surface area contributed by atoms with Gasteiger partial charge in [0, 0.05) is 25.9 Å². The van der Waals surface area contributed by atoms with Gasteiger partial charge in [0.2, 0.25) is 0 Å². The molecule has 3 rings (SSSR count). The van der Waals surface area contributed by atoms with Crippen LogP contribution in [0.25, 0.3) is 0 Å². The number of aromatic nitrogens is 2. The molecule has 0 aromatic carbocycles. The van der Waals surface area contributed by atoms with Crippen LogP contribution in [0, 0.1) is 17.8 Å². The normalized spacial score (nSPS) is 32.0. The van der Waals surface area contributed by atoms with Gasteiger partial charge < -0.3 is 9.67 Å². The summed E-state index contributed by atoms with van der Waals surface area (Å²) >= 11 is 0. The van der Waals surface area contributed by atoms with Gasteiger partial charge in [-0.25, -0.2) is 4.98 Å². The van der Waals surface area contributed by atoms with Crippen LogP contribution in [0.3, 0.4) is 0 Å². The Morgan fingerprint density at radius 1 is 1.44 bits per heavy atom. The molecule has 0 saturated heterocycles. The number of aliphatic hydroxyl groups excluding tert-OH is 1. The van der Waals surface area contributed by atoms with E-state index in [1.165, 1.54) is 25.7 Å². The van der Waals surface area contributed by atoms with Gasteiger partial charge in [0.15, 0.2) is 0 Å². The molecule has 1 aromatic rings. The lowest BCUT2D eigenvalue weighted by atomic mass is 9.84. The van der Waals surface area contributed by atoms with Crippen LogP contribution in [-0.4, -0.2) is 20.8 Å². The van der Waals surface area contributed by atoms with Crippen molar-refractivity contribution in [1.29, 1.82) is 0 Å². The second kappa shape index (κ2) is 5.04. The van der Waals surface area contributed by atoms with Gasteiger partial charge in [0.05, 0.1) is 6.10 Å². The van der Waals surface area contributed by atoms with Gasteiger partial charge in [0.25, 0.3) is 0 Å². The lowest BCUT2D eigenvalue weighted by Crippen LogP contribution is -2.19. The lowest BCUT2D eigenvalue weighted by molar-refractivity contribution is 0.116. The molecule has 0 radical (unpaired) electrons. The lowest BCUT2D eigenvalue weighted by Gasteiger charge is -2.24. The minimum absolute atomic E-state index is 0.133. The van der Waals surface area contributed by atoms with Crippen LogP contribution in [0.15, 0.2) is 12.4 Å². The molecule has 18 heavy (non-hydrogen) atoms. The van der Waals surface area contributed by atoms with Gasteiger partial charge in [-0.05, 0) is 49.9 Å². The minimum atomic E-state index is -0.133. The first-order valence-corrected chi connectivity index (χ1v) is 7.36. The van der Waals surface area contributed by atoms with Gasteiger partial charge in [-0.3, -0.25) is 0 Å². The van der Waals surface area contributed by atoms with E-state index in [1.54, 1.807) is 0 Å². The van der Waals surface area contributed by atoms with Gasteiger partial charge in [-0.2, -0.15) is 0 Å². The number of fused-ring (bicyclic) bond motifs is 2. The van der Waals surface area contributed by atoms with Crippen LogP contribution >= 0.6 is 0 Å². The van der Waals surface area contributed by atoms with Gasteiger partial charge in [-0.15, -0.1) is 0 Å². The molecule has 1 N–H and O–H groups in total. The number of imidazole rings is 1. The van der Waals surface area contributed by atoms with Crippen LogP contribution in [0.4, 0.5) is 0 Å². The summed E-state index contributed by atoms with van der Waals surface area (Å²) in [5, 5.41) is 10.2. The van der Waals surface area contributed by atoms with E-state index >= 15 is 0 Å². The third-order valence-corrected chi connectivity index (χ3v) is 5.08. The number of nitrogens with zero attached hydrogens (tertiary/aromatic N) is 2. The summed E-state index contributed by atoms with van der Waals surface area (Å²) in [7, 11) is 2.02. The summed E-state index contributed by atoms with van der Waals surface area (Å²) in [5.74, 6) is 3.81. The van der Waals surface area contributed by atoms with Gasteiger partial charge in [-0.1, -0.05) is 6.42 Å². The van der Waals surface area contributed by atoms with Crippen LogP contribution in [0.2, 0.25) is 0 Å². The predicted molar refractivity (Wildman–Crippen MR) is 71.1 cm³/mol. The molecule has 2 bridgehead atoms. The highest BCUT2D eigenvalue weighted by Gasteiger charge is 2.39. The molecule has 2 aliphatic rings. The number of aryl methyl sites for hydroxylation is 2. The van der Waals surface area contributed by atoms with E-state index in [-0.39, 0.29) is 6.10 Å². The van der Waals surface area contributed by atoms with Crippen molar-refractivity contribution in [3.8, 4) is 0 Å². The monoisotopic (exact) mass is 248 g/mol. The van der Waals surface area contributed by atoms with Crippen LogP contribution in [0.5, 0.6) is 0 Å². The first-order chi connectivity index (χ1) is 8.72. The maximum Gasteiger partial charge on any atom is 0.108 e. The molecule has 3 nitrogen and oxygen atoms in total. The zero-order valence-corrected chi connectivity index (χ0v) is 11.3. The number of hydrogen-bond donors (Lipinski definition) is 1. The van der Waals surface area contributed by atoms with Gasteiger partial charge >= 0.3 is 0 Å². The molecule has 0 aliphatic heterocycles. The smallest absolute Gasteiger partial charge is 0.108 e. The first kappa shape index (κ1) is 12.2. The Bertz CT molecular complexity index is 401. The zero-order chi connectivity index (χ0) is 12.5. The Hall–Kier alpha value is -0.830. The maximum absolute atomic E-state index is 10.2. The Labute approximate surface area is 109 Å². The van der Waals surface area contributed by atoms with Crippen LogP contribution in [0.1, 0.15) is 44.3 Å². The molecular weight excluding hydrogens is 224 g/mol. The topological polar surface area (TPSA) is 38.0 Å². The standard InChI is InChI=1S/C15H24N2O/c1-17-7-6-16-15(17)5-4-14(18)10-13-9-11-2-3-12(13)8-11/h6-7,11-14,18H,2-5,8-10H2,1H3.